The van der Waals surface area contributed by atoms with Gasteiger partial charge in [-0.1, -0.05) is 38.8 Å². The minimum absolute atomic E-state index is 0.0119. The summed E-state index contributed by atoms with van der Waals surface area (Å²) in [7, 11) is 0. The maximum Gasteiger partial charge on any atom is 0.326 e. The van der Waals surface area contributed by atoms with Crippen LogP contribution in [0.3, 0.4) is 0 Å². The fourth-order valence-electron chi connectivity index (χ4n) is 5.46. The SMILES string of the molecule is CC.CCC(=O)NCCOCCOCCOCCNC(=O)c1ccc(C(=O)NCCCCCCc2cn(CCCCC(NC(=O)NC(CCC(=O)O)C(=O)O)C(=O)O)nn2)cc1. The molecule has 62 heavy (non-hydrogen) atoms. The molecule has 21 heteroatoms. The van der Waals surface area contributed by atoms with Crippen LogP contribution in [0.5, 0.6) is 0 Å². The van der Waals surface area contributed by atoms with Gasteiger partial charge in [0.05, 0.1) is 45.3 Å². The molecule has 21 nitrogen and oxygen atoms in total. The molecule has 0 aliphatic rings. The Balaban J connectivity index is 0.00000946. The molecular weight excluding hydrogens is 812 g/mol. The second-order valence-corrected chi connectivity index (χ2v) is 13.6. The maximum atomic E-state index is 12.6. The van der Waals surface area contributed by atoms with Gasteiger partial charge in [-0.15, -0.1) is 5.10 Å². The number of carboxylic acids is 3. The number of carboxylic acid groups (broad SMARTS) is 3. The Morgan fingerprint density at radius 1 is 0.645 bits per heavy atom. The molecular formula is C41H66N8O13. The van der Waals surface area contributed by atoms with E-state index in [9.17, 15) is 43.8 Å². The van der Waals surface area contributed by atoms with Crippen molar-refractivity contribution in [1.29, 1.82) is 0 Å². The lowest BCUT2D eigenvalue weighted by Crippen LogP contribution is -2.51. The highest BCUT2D eigenvalue weighted by Gasteiger charge is 2.25. The highest BCUT2D eigenvalue weighted by atomic mass is 16.5. The number of urea groups is 1. The summed E-state index contributed by atoms with van der Waals surface area (Å²) in [6.07, 6.45) is 6.72. The van der Waals surface area contributed by atoms with E-state index in [0.717, 1.165) is 37.8 Å². The Kier molecular flexibility index (Phi) is 29.8. The van der Waals surface area contributed by atoms with Crippen molar-refractivity contribution in [2.45, 2.75) is 110 Å². The highest BCUT2D eigenvalue weighted by Crippen LogP contribution is 2.09. The van der Waals surface area contributed by atoms with Crippen LogP contribution in [0.2, 0.25) is 0 Å². The van der Waals surface area contributed by atoms with Crippen LogP contribution in [0.25, 0.3) is 0 Å². The zero-order valence-electron chi connectivity index (χ0n) is 36.2. The summed E-state index contributed by atoms with van der Waals surface area (Å²) in [6, 6.07) is 2.67. The van der Waals surface area contributed by atoms with Gasteiger partial charge < -0.3 is 56.1 Å². The number of aliphatic carboxylic acids is 3. The smallest absolute Gasteiger partial charge is 0.326 e. The molecule has 0 saturated carbocycles. The normalized spacial score (nSPS) is 11.6. The fraction of sp³-hybridized carbons (Fsp3) is 0.634. The number of hydrogen-bond donors (Lipinski definition) is 8. The monoisotopic (exact) mass is 878 g/mol. The minimum atomic E-state index is -1.47. The molecule has 0 fully saturated rings. The van der Waals surface area contributed by atoms with Crippen molar-refractivity contribution in [2.24, 2.45) is 0 Å². The van der Waals surface area contributed by atoms with Crippen molar-refractivity contribution in [3.63, 3.8) is 0 Å². The largest absolute Gasteiger partial charge is 0.481 e. The third-order valence-electron chi connectivity index (χ3n) is 8.79. The topological polar surface area (TPSA) is 299 Å². The summed E-state index contributed by atoms with van der Waals surface area (Å²) < 4.78 is 17.9. The van der Waals surface area contributed by atoms with E-state index in [1.807, 2.05) is 20.0 Å². The fourth-order valence-corrected chi connectivity index (χ4v) is 5.46. The quantitative estimate of drug-likeness (QED) is 0.0468. The van der Waals surface area contributed by atoms with Crippen LogP contribution < -0.4 is 26.6 Å². The molecule has 1 aromatic carbocycles. The Bertz CT molecular complexity index is 1620. The number of nitrogens with one attached hydrogen (secondary N) is 5. The number of carbonyl (C=O) groups excluding carboxylic acids is 4. The van der Waals surface area contributed by atoms with E-state index in [0.29, 0.717) is 96.2 Å². The highest BCUT2D eigenvalue weighted by molar-refractivity contribution is 5.97. The lowest BCUT2D eigenvalue weighted by Gasteiger charge is -2.18. The van der Waals surface area contributed by atoms with E-state index in [-0.39, 0.29) is 30.6 Å². The molecule has 2 unspecified atom stereocenters. The van der Waals surface area contributed by atoms with E-state index < -0.39 is 42.4 Å². The van der Waals surface area contributed by atoms with Crippen molar-refractivity contribution in [2.75, 3.05) is 59.3 Å². The van der Waals surface area contributed by atoms with E-state index in [2.05, 4.69) is 36.9 Å². The molecule has 0 aliphatic heterocycles. The van der Waals surface area contributed by atoms with Gasteiger partial charge in [-0.25, -0.2) is 14.4 Å². The molecule has 0 aliphatic carbocycles. The van der Waals surface area contributed by atoms with Crippen molar-refractivity contribution < 1.29 is 63.1 Å². The lowest BCUT2D eigenvalue weighted by atomic mass is 10.1. The molecule has 5 amide bonds. The summed E-state index contributed by atoms with van der Waals surface area (Å²) in [6.45, 7) is 9.90. The third-order valence-corrected chi connectivity index (χ3v) is 8.79. The number of aromatic nitrogens is 3. The van der Waals surface area contributed by atoms with Gasteiger partial charge in [0.1, 0.15) is 12.1 Å². The number of carbonyl (C=O) groups is 7. The summed E-state index contributed by atoms with van der Waals surface area (Å²) in [5.41, 5.74) is 1.70. The zero-order chi connectivity index (χ0) is 46.0. The first kappa shape index (κ1) is 54.3. The van der Waals surface area contributed by atoms with Crippen LogP contribution in [0.4, 0.5) is 4.79 Å². The number of aryl methyl sites for hydroxylation is 2. The Morgan fingerprint density at radius 3 is 1.71 bits per heavy atom. The van der Waals surface area contributed by atoms with Crippen molar-refractivity contribution in [1.82, 2.24) is 41.6 Å². The zero-order valence-corrected chi connectivity index (χ0v) is 36.2. The van der Waals surface area contributed by atoms with E-state index in [1.54, 1.807) is 35.9 Å². The van der Waals surface area contributed by atoms with E-state index in [4.69, 9.17) is 19.3 Å². The number of hydrogen-bond acceptors (Lipinski definition) is 12. The maximum absolute atomic E-state index is 12.6. The van der Waals surface area contributed by atoms with E-state index in [1.165, 1.54) is 0 Å². The van der Waals surface area contributed by atoms with Gasteiger partial charge in [-0.3, -0.25) is 23.9 Å². The van der Waals surface area contributed by atoms with Crippen LogP contribution >= 0.6 is 0 Å². The second kappa shape index (κ2) is 34.0. The Hall–Kier alpha value is -5.67. The number of unbranched alkanes of at least 4 members (excludes halogenated alkanes) is 4. The van der Waals surface area contributed by atoms with Crippen LogP contribution in [-0.2, 0) is 46.4 Å². The van der Waals surface area contributed by atoms with Crippen molar-refractivity contribution in [3.8, 4) is 0 Å². The molecule has 1 heterocycles. The van der Waals surface area contributed by atoms with E-state index >= 15 is 0 Å². The number of ether oxygens (including phenoxy) is 3. The molecule has 8 N–H and O–H groups in total. The molecule has 2 atom stereocenters. The van der Waals surface area contributed by atoms with Gasteiger partial charge in [-0.05, 0) is 69.2 Å². The van der Waals surface area contributed by atoms with Gasteiger partial charge >= 0.3 is 23.9 Å². The minimum Gasteiger partial charge on any atom is -0.481 e. The molecule has 1 aromatic heterocycles. The van der Waals surface area contributed by atoms with Gasteiger partial charge in [0.15, 0.2) is 0 Å². The van der Waals surface area contributed by atoms with Gasteiger partial charge in [-0.2, -0.15) is 0 Å². The van der Waals surface area contributed by atoms with Crippen molar-refractivity contribution >= 4 is 41.7 Å². The van der Waals surface area contributed by atoms with Crippen molar-refractivity contribution in [3.05, 3.63) is 47.3 Å². The number of benzene rings is 1. The summed E-state index contributed by atoms with van der Waals surface area (Å²) in [4.78, 5) is 81.9. The standard InChI is InChI=1S/C39H60N8O13.C2H6/c1-2-33(48)40-18-21-58-23-25-60-26-24-59-22-19-42-36(52)29-13-11-28(12-14-29)35(51)41-17-7-4-3-5-9-30-27-47(46-45-30)20-8-6-10-31(37(53)54)43-39(57)44-32(38(55)56)15-16-34(49)50;1-2/h11-14,27,31-32H,2-10,15-26H2,1H3,(H,40,48)(H,41,51)(H,42,52)(H,49,50)(H,53,54)(H,55,56)(H2,43,44,57);1-2H3. The number of rotatable bonds is 34. The first-order valence-corrected chi connectivity index (χ1v) is 21.2. The molecule has 0 spiro atoms. The third kappa shape index (κ3) is 25.8. The summed E-state index contributed by atoms with van der Waals surface area (Å²) in [5, 5.41) is 48.4. The van der Waals surface area contributed by atoms with Crippen LogP contribution in [0.1, 0.15) is 111 Å². The van der Waals surface area contributed by atoms with Gasteiger partial charge in [0.2, 0.25) is 5.91 Å². The second-order valence-electron chi connectivity index (χ2n) is 13.6. The number of nitrogens with zero attached hydrogens (tertiary/aromatic N) is 3. The number of amides is 5. The van der Waals surface area contributed by atoms with Crippen LogP contribution in [0, 0.1) is 0 Å². The predicted octanol–water partition coefficient (Wildman–Crippen LogP) is 2.38. The molecule has 2 rings (SSSR count). The Labute approximate surface area is 362 Å². The lowest BCUT2D eigenvalue weighted by molar-refractivity contribution is -0.141. The molecule has 348 valence electrons. The average molecular weight is 879 g/mol. The first-order valence-electron chi connectivity index (χ1n) is 21.2. The molecule has 0 saturated heterocycles. The van der Waals surface area contributed by atoms with Gasteiger partial charge in [0, 0.05) is 56.3 Å². The summed E-state index contributed by atoms with van der Waals surface area (Å²) >= 11 is 0. The molecule has 2 aromatic rings. The van der Waals surface area contributed by atoms with Crippen LogP contribution in [0.15, 0.2) is 30.5 Å². The molecule has 0 bridgehead atoms. The first-order chi connectivity index (χ1) is 29.9. The predicted molar refractivity (Wildman–Crippen MR) is 226 cm³/mol. The average Bonchev–Trinajstić information content (AvgIpc) is 3.72. The Morgan fingerprint density at radius 2 is 1.16 bits per heavy atom. The van der Waals surface area contributed by atoms with Gasteiger partial charge in [0.25, 0.3) is 11.8 Å². The molecule has 0 radical (unpaired) electrons. The summed E-state index contributed by atoms with van der Waals surface area (Å²) in [5.74, 6) is -4.44. The van der Waals surface area contributed by atoms with Crippen LogP contribution in [-0.4, -0.2) is 143 Å².